The lowest BCUT2D eigenvalue weighted by Crippen LogP contribution is -2.34. The number of aryl methyl sites for hydroxylation is 1. The third-order valence-electron chi connectivity index (χ3n) is 4.71. The number of oxazole rings is 1. The van der Waals surface area contributed by atoms with Gasteiger partial charge in [-0.15, -0.1) is 11.8 Å². The maximum absolute atomic E-state index is 6.18. The van der Waals surface area contributed by atoms with Gasteiger partial charge in [0.2, 0.25) is 5.58 Å². The van der Waals surface area contributed by atoms with Crippen molar-refractivity contribution in [3.63, 3.8) is 0 Å². The predicted octanol–water partition coefficient (Wildman–Crippen LogP) is 4.77. The Morgan fingerprint density at radius 2 is 1.96 bits per heavy atom. The van der Waals surface area contributed by atoms with Gasteiger partial charge in [-0.25, -0.2) is 0 Å². The summed E-state index contributed by atoms with van der Waals surface area (Å²) in [7, 11) is 0. The Morgan fingerprint density at radius 3 is 2.72 bits per heavy atom. The van der Waals surface area contributed by atoms with Crippen molar-refractivity contribution in [2.24, 2.45) is 0 Å². The van der Waals surface area contributed by atoms with E-state index in [-0.39, 0.29) is 0 Å². The first-order chi connectivity index (χ1) is 12.3. The van der Waals surface area contributed by atoms with Crippen LogP contribution < -0.4 is 4.57 Å². The van der Waals surface area contributed by atoms with Gasteiger partial charge in [0.25, 0.3) is 5.52 Å². The van der Waals surface area contributed by atoms with Gasteiger partial charge in [0, 0.05) is 24.9 Å². The molecule has 0 spiro atoms. The Bertz CT molecular complexity index is 914. The number of nitrogens with zero attached hydrogens (tertiary/aromatic N) is 2. The van der Waals surface area contributed by atoms with E-state index in [0.717, 1.165) is 42.4 Å². The van der Waals surface area contributed by atoms with Crippen LogP contribution in [0, 0.1) is 0 Å². The normalized spacial score (nSPS) is 16.2. The highest BCUT2D eigenvalue weighted by Crippen LogP contribution is 2.30. The Hall–Kier alpha value is -2.20. The van der Waals surface area contributed by atoms with Gasteiger partial charge < -0.3 is 9.32 Å². The lowest BCUT2D eigenvalue weighted by Gasteiger charge is -2.14. The molecule has 0 saturated carbocycles. The highest BCUT2D eigenvalue weighted by Gasteiger charge is 2.24. The molecular formula is C21H23N2OS+. The third-order valence-corrected chi connectivity index (χ3v) is 5.76. The maximum atomic E-state index is 6.18. The van der Waals surface area contributed by atoms with E-state index in [0.29, 0.717) is 0 Å². The number of rotatable bonds is 4. The second-order valence-electron chi connectivity index (χ2n) is 6.14. The average molecular weight is 351 g/mol. The van der Waals surface area contributed by atoms with Gasteiger partial charge in [0.05, 0.1) is 11.1 Å². The smallest absolute Gasteiger partial charge is 0.376 e. The van der Waals surface area contributed by atoms with Crippen molar-refractivity contribution in [3.05, 3.63) is 59.5 Å². The highest BCUT2D eigenvalue weighted by atomic mass is 32.2. The van der Waals surface area contributed by atoms with Crippen LogP contribution in [0.4, 0.5) is 0 Å². The van der Waals surface area contributed by atoms with Gasteiger partial charge >= 0.3 is 5.89 Å². The van der Waals surface area contributed by atoms with Crippen molar-refractivity contribution in [1.29, 1.82) is 0 Å². The molecule has 25 heavy (non-hydrogen) atoms. The monoisotopic (exact) mass is 351 g/mol. The number of hydrogen-bond acceptors (Lipinski definition) is 3. The molecule has 0 atom stereocenters. The molecule has 0 bridgehead atoms. The topological polar surface area (TPSA) is 20.3 Å². The van der Waals surface area contributed by atoms with Crippen LogP contribution in [-0.4, -0.2) is 23.7 Å². The molecule has 4 heteroatoms. The summed E-state index contributed by atoms with van der Waals surface area (Å²) in [6, 6.07) is 17.0. The van der Waals surface area contributed by atoms with Gasteiger partial charge in [-0.1, -0.05) is 36.4 Å². The van der Waals surface area contributed by atoms with Gasteiger partial charge in [0.1, 0.15) is 6.54 Å². The van der Waals surface area contributed by atoms with Crippen molar-refractivity contribution in [1.82, 2.24) is 4.90 Å². The Balaban J connectivity index is 1.80. The van der Waals surface area contributed by atoms with E-state index in [1.807, 2.05) is 11.8 Å². The number of benzene rings is 2. The highest BCUT2D eigenvalue weighted by molar-refractivity contribution is 8.03. The average Bonchev–Trinajstić information content (AvgIpc) is 3.25. The molecule has 4 rings (SSSR count). The summed E-state index contributed by atoms with van der Waals surface area (Å²) in [5.41, 5.74) is 4.55. The minimum Gasteiger partial charge on any atom is -0.398 e. The summed E-state index contributed by atoms with van der Waals surface area (Å²) in [5, 5.41) is 1.31. The van der Waals surface area contributed by atoms with Gasteiger partial charge in [-0.05, 0) is 31.0 Å². The van der Waals surface area contributed by atoms with Crippen molar-refractivity contribution < 1.29 is 8.98 Å². The summed E-state index contributed by atoms with van der Waals surface area (Å²) < 4.78 is 8.45. The summed E-state index contributed by atoms with van der Waals surface area (Å²) in [6.45, 7) is 7.44. The number of fused-ring (bicyclic) bond motifs is 1. The lowest BCUT2D eigenvalue weighted by atomic mass is 10.1. The maximum Gasteiger partial charge on any atom is 0.376 e. The van der Waals surface area contributed by atoms with Gasteiger partial charge in [-0.2, -0.15) is 4.57 Å². The molecule has 2 aromatic carbocycles. The van der Waals surface area contributed by atoms with Crippen LogP contribution in [0.15, 0.2) is 58.0 Å². The predicted molar refractivity (Wildman–Crippen MR) is 105 cm³/mol. The summed E-state index contributed by atoms with van der Waals surface area (Å²) in [6.07, 6.45) is 2.20. The van der Waals surface area contributed by atoms with Crippen LogP contribution >= 0.6 is 11.8 Å². The summed E-state index contributed by atoms with van der Waals surface area (Å²) in [4.78, 5) is 2.41. The van der Waals surface area contributed by atoms with E-state index in [4.69, 9.17) is 4.42 Å². The van der Waals surface area contributed by atoms with Crippen molar-refractivity contribution in [3.8, 4) is 11.1 Å². The molecule has 0 radical (unpaired) electrons. The van der Waals surface area contributed by atoms with Gasteiger partial charge in [-0.3, -0.25) is 0 Å². The SMILES string of the molecule is CCN1CCSC1=Cc1oc2ccc(-c3ccccc3)cc2[n+]1CC. The summed E-state index contributed by atoms with van der Waals surface area (Å²) >= 11 is 1.91. The Labute approximate surface area is 153 Å². The fourth-order valence-electron chi connectivity index (χ4n) is 3.36. The molecule has 0 aliphatic carbocycles. The fourth-order valence-corrected chi connectivity index (χ4v) is 4.47. The molecule has 1 fully saturated rings. The zero-order valence-corrected chi connectivity index (χ0v) is 15.6. The summed E-state index contributed by atoms with van der Waals surface area (Å²) in [5.74, 6) is 2.09. The lowest BCUT2D eigenvalue weighted by molar-refractivity contribution is -0.674. The zero-order chi connectivity index (χ0) is 17.2. The molecule has 0 amide bonds. The molecule has 3 aromatic rings. The van der Waals surface area contributed by atoms with E-state index in [9.17, 15) is 0 Å². The largest absolute Gasteiger partial charge is 0.398 e. The molecule has 2 heterocycles. The van der Waals surface area contributed by atoms with Crippen molar-refractivity contribution in [2.75, 3.05) is 18.8 Å². The first kappa shape index (κ1) is 16.3. The fraction of sp³-hybridized carbons (Fsp3) is 0.286. The molecule has 1 aromatic heterocycles. The second-order valence-corrected chi connectivity index (χ2v) is 7.26. The third kappa shape index (κ3) is 3.07. The number of hydrogen-bond donors (Lipinski definition) is 0. The number of thioether (sulfide) groups is 1. The minimum absolute atomic E-state index is 0.890. The Kier molecular flexibility index (Phi) is 4.53. The first-order valence-electron chi connectivity index (χ1n) is 8.91. The number of aromatic nitrogens is 1. The van der Waals surface area contributed by atoms with Crippen LogP contribution in [0.1, 0.15) is 19.7 Å². The molecule has 0 N–H and O–H groups in total. The van der Waals surface area contributed by atoms with E-state index in [1.165, 1.54) is 16.2 Å². The van der Waals surface area contributed by atoms with Crippen LogP contribution in [0.3, 0.4) is 0 Å². The zero-order valence-electron chi connectivity index (χ0n) is 14.7. The molecule has 1 aliphatic heterocycles. The molecular weight excluding hydrogens is 328 g/mol. The molecule has 1 aliphatic rings. The molecule has 0 unspecified atom stereocenters. The molecule has 3 nitrogen and oxygen atoms in total. The second kappa shape index (κ2) is 6.96. The van der Waals surface area contributed by atoms with E-state index in [1.54, 1.807) is 0 Å². The van der Waals surface area contributed by atoms with E-state index >= 15 is 0 Å². The minimum atomic E-state index is 0.890. The van der Waals surface area contributed by atoms with E-state index < -0.39 is 0 Å². The molecule has 1 saturated heterocycles. The van der Waals surface area contributed by atoms with Crippen LogP contribution in [0.2, 0.25) is 0 Å². The Morgan fingerprint density at radius 1 is 1.12 bits per heavy atom. The standard InChI is InChI=1S/C21H23N2OS/c1-3-22-12-13-25-21(22)15-20-23(4-2)18-14-17(10-11-19(18)24-20)16-8-6-5-7-9-16/h5-11,14-15H,3-4,12-13H2,1-2H3/q+1. The van der Waals surface area contributed by atoms with Crippen LogP contribution in [0.5, 0.6) is 0 Å². The van der Waals surface area contributed by atoms with Gasteiger partial charge in [0.15, 0.2) is 0 Å². The van der Waals surface area contributed by atoms with Crippen LogP contribution in [0.25, 0.3) is 28.3 Å². The van der Waals surface area contributed by atoms with Crippen LogP contribution in [-0.2, 0) is 6.54 Å². The quantitative estimate of drug-likeness (QED) is 0.631. The van der Waals surface area contributed by atoms with Crippen molar-refractivity contribution >= 4 is 28.9 Å². The van der Waals surface area contributed by atoms with E-state index in [2.05, 4.69) is 77.9 Å². The molecule has 128 valence electrons. The van der Waals surface area contributed by atoms with Crippen molar-refractivity contribution in [2.45, 2.75) is 20.4 Å². The first-order valence-corrected chi connectivity index (χ1v) is 9.90.